The van der Waals surface area contributed by atoms with Gasteiger partial charge >= 0.3 is 6.09 Å². The standard InChI is InChI=1S/C18H16BrFN2O3/c1-18(2,3)25-17(23)21-11-5-7-15-14(9-11)22-16(24-15)12-8-10(20)4-6-13(12)19/h4-9H,1-3H3,(H,21,23). The van der Waals surface area contributed by atoms with Crippen LogP contribution in [0.2, 0.25) is 0 Å². The van der Waals surface area contributed by atoms with Gasteiger partial charge in [0.2, 0.25) is 5.89 Å². The van der Waals surface area contributed by atoms with Gasteiger partial charge < -0.3 is 9.15 Å². The maximum absolute atomic E-state index is 13.5. The van der Waals surface area contributed by atoms with Crippen LogP contribution in [0.25, 0.3) is 22.6 Å². The molecule has 3 rings (SSSR count). The van der Waals surface area contributed by atoms with E-state index in [1.54, 1.807) is 45.0 Å². The molecule has 3 aromatic rings. The number of ether oxygens (including phenoxy) is 1. The summed E-state index contributed by atoms with van der Waals surface area (Å²) in [7, 11) is 0. The van der Waals surface area contributed by atoms with E-state index in [4.69, 9.17) is 9.15 Å². The van der Waals surface area contributed by atoms with E-state index in [1.807, 2.05) is 0 Å². The first-order chi connectivity index (χ1) is 11.7. The van der Waals surface area contributed by atoms with Crippen molar-refractivity contribution in [2.24, 2.45) is 0 Å². The van der Waals surface area contributed by atoms with Gasteiger partial charge in [-0.3, -0.25) is 5.32 Å². The number of benzene rings is 2. The topological polar surface area (TPSA) is 64.4 Å². The van der Waals surface area contributed by atoms with Crippen LogP contribution in [0, 0.1) is 5.82 Å². The number of halogens is 2. The molecule has 0 saturated carbocycles. The highest BCUT2D eigenvalue weighted by Gasteiger charge is 2.17. The van der Waals surface area contributed by atoms with Crippen LogP contribution in [0.4, 0.5) is 14.9 Å². The van der Waals surface area contributed by atoms with Gasteiger partial charge in [-0.1, -0.05) is 0 Å². The number of oxazole rings is 1. The predicted molar refractivity (Wildman–Crippen MR) is 97.0 cm³/mol. The summed E-state index contributed by atoms with van der Waals surface area (Å²) in [5.41, 5.74) is 1.53. The van der Waals surface area contributed by atoms with E-state index < -0.39 is 11.7 Å². The number of amides is 1. The summed E-state index contributed by atoms with van der Waals surface area (Å²) in [5.74, 6) is -0.0940. The molecule has 0 aliphatic carbocycles. The molecule has 0 bridgehead atoms. The van der Waals surface area contributed by atoms with E-state index in [0.29, 0.717) is 26.8 Å². The quantitative estimate of drug-likeness (QED) is 0.588. The number of carbonyl (C=O) groups excluding carboxylic acids is 1. The van der Waals surface area contributed by atoms with Gasteiger partial charge in [0.1, 0.15) is 16.9 Å². The molecule has 0 spiro atoms. The van der Waals surface area contributed by atoms with Crippen LogP contribution in [0.3, 0.4) is 0 Å². The fourth-order valence-corrected chi connectivity index (χ4v) is 2.62. The number of hydrogen-bond donors (Lipinski definition) is 1. The summed E-state index contributed by atoms with van der Waals surface area (Å²) in [4.78, 5) is 16.2. The van der Waals surface area contributed by atoms with Crippen molar-refractivity contribution in [3.63, 3.8) is 0 Å². The van der Waals surface area contributed by atoms with Crippen molar-refractivity contribution in [1.29, 1.82) is 0 Å². The maximum atomic E-state index is 13.5. The SMILES string of the molecule is CC(C)(C)OC(=O)Nc1ccc2oc(-c3cc(F)ccc3Br)nc2c1. The second-order valence-corrected chi connectivity index (χ2v) is 7.31. The normalized spacial score (nSPS) is 11.6. The molecule has 0 radical (unpaired) electrons. The Bertz CT molecular complexity index is 947. The van der Waals surface area contributed by atoms with Gasteiger partial charge in [0, 0.05) is 10.2 Å². The van der Waals surface area contributed by atoms with Crippen molar-refractivity contribution in [2.75, 3.05) is 5.32 Å². The first-order valence-electron chi connectivity index (χ1n) is 7.57. The number of carbonyl (C=O) groups is 1. The Morgan fingerprint density at radius 2 is 2.00 bits per heavy atom. The molecule has 0 unspecified atom stereocenters. The van der Waals surface area contributed by atoms with E-state index in [-0.39, 0.29) is 11.7 Å². The molecule has 0 fully saturated rings. The number of nitrogens with one attached hydrogen (secondary N) is 1. The van der Waals surface area contributed by atoms with E-state index in [9.17, 15) is 9.18 Å². The first kappa shape index (κ1) is 17.4. The third-order valence-electron chi connectivity index (χ3n) is 3.19. The van der Waals surface area contributed by atoms with Gasteiger partial charge in [-0.25, -0.2) is 14.2 Å². The van der Waals surface area contributed by atoms with E-state index in [1.165, 1.54) is 12.1 Å². The van der Waals surface area contributed by atoms with Crippen molar-refractivity contribution in [2.45, 2.75) is 26.4 Å². The lowest BCUT2D eigenvalue weighted by Crippen LogP contribution is -2.27. The monoisotopic (exact) mass is 406 g/mol. The average molecular weight is 407 g/mol. The third-order valence-corrected chi connectivity index (χ3v) is 3.88. The molecular formula is C18H16BrFN2O3. The summed E-state index contributed by atoms with van der Waals surface area (Å²) in [6, 6.07) is 9.32. The van der Waals surface area contributed by atoms with Gasteiger partial charge in [-0.15, -0.1) is 0 Å². The minimum atomic E-state index is -0.584. The molecule has 25 heavy (non-hydrogen) atoms. The molecule has 1 aromatic heterocycles. The molecule has 130 valence electrons. The lowest BCUT2D eigenvalue weighted by atomic mass is 10.2. The Balaban J connectivity index is 1.89. The van der Waals surface area contributed by atoms with Crippen molar-refractivity contribution < 1.29 is 18.3 Å². The lowest BCUT2D eigenvalue weighted by molar-refractivity contribution is 0.0636. The molecule has 0 aliphatic heterocycles. The van der Waals surface area contributed by atoms with Crippen molar-refractivity contribution >= 4 is 38.8 Å². The molecule has 0 aliphatic rings. The third kappa shape index (κ3) is 4.17. The lowest BCUT2D eigenvalue weighted by Gasteiger charge is -2.19. The Labute approximate surface area is 152 Å². The Morgan fingerprint density at radius 1 is 1.24 bits per heavy atom. The highest BCUT2D eigenvalue weighted by Crippen LogP contribution is 2.31. The second kappa shape index (κ2) is 6.48. The first-order valence-corrected chi connectivity index (χ1v) is 8.36. The van der Waals surface area contributed by atoms with Gasteiger partial charge in [-0.05, 0) is 73.1 Å². The average Bonchev–Trinajstić information content (AvgIpc) is 2.90. The predicted octanol–water partition coefficient (Wildman–Crippen LogP) is 5.74. The molecule has 2 aromatic carbocycles. The van der Waals surface area contributed by atoms with Crippen LogP contribution in [-0.4, -0.2) is 16.7 Å². The molecular weight excluding hydrogens is 391 g/mol. The molecule has 1 N–H and O–H groups in total. The molecule has 0 saturated heterocycles. The van der Waals surface area contributed by atoms with Gasteiger partial charge in [-0.2, -0.15) is 0 Å². The van der Waals surface area contributed by atoms with Crippen LogP contribution in [-0.2, 0) is 4.74 Å². The number of aromatic nitrogens is 1. The maximum Gasteiger partial charge on any atom is 0.412 e. The zero-order chi connectivity index (χ0) is 18.2. The number of anilines is 1. The molecule has 1 amide bonds. The largest absolute Gasteiger partial charge is 0.444 e. The summed E-state index contributed by atoms with van der Waals surface area (Å²) >= 11 is 3.36. The summed E-state index contributed by atoms with van der Waals surface area (Å²) < 4.78 is 25.0. The Kier molecular flexibility index (Phi) is 4.51. The number of hydrogen-bond acceptors (Lipinski definition) is 4. The fourth-order valence-electron chi connectivity index (χ4n) is 2.20. The summed E-state index contributed by atoms with van der Waals surface area (Å²) in [5, 5.41) is 2.65. The molecule has 5 nitrogen and oxygen atoms in total. The number of fused-ring (bicyclic) bond motifs is 1. The van der Waals surface area contributed by atoms with Crippen LogP contribution in [0.1, 0.15) is 20.8 Å². The zero-order valence-electron chi connectivity index (χ0n) is 13.9. The Hall–Kier alpha value is -2.41. The summed E-state index contributed by atoms with van der Waals surface area (Å²) in [6.07, 6.45) is -0.552. The molecule has 1 heterocycles. The minimum absolute atomic E-state index is 0.288. The highest BCUT2D eigenvalue weighted by molar-refractivity contribution is 9.10. The molecule has 7 heteroatoms. The second-order valence-electron chi connectivity index (χ2n) is 6.45. The fraction of sp³-hybridized carbons (Fsp3) is 0.222. The van der Waals surface area contributed by atoms with Gasteiger partial charge in [0.15, 0.2) is 5.58 Å². The van der Waals surface area contributed by atoms with Crippen LogP contribution < -0.4 is 5.32 Å². The smallest absolute Gasteiger partial charge is 0.412 e. The highest BCUT2D eigenvalue weighted by atomic mass is 79.9. The minimum Gasteiger partial charge on any atom is -0.444 e. The van der Waals surface area contributed by atoms with Crippen molar-refractivity contribution in [1.82, 2.24) is 4.98 Å². The van der Waals surface area contributed by atoms with E-state index in [2.05, 4.69) is 26.2 Å². The van der Waals surface area contributed by atoms with Crippen LogP contribution in [0.5, 0.6) is 0 Å². The van der Waals surface area contributed by atoms with Crippen LogP contribution in [0.15, 0.2) is 45.3 Å². The van der Waals surface area contributed by atoms with Crippen molar-refractivity contribution in [3.8, 4) is 11.5 Å². The van der Waals surface area contributed by atoms with Crippen molar-refractivity contribution in [3.05, 3.63) is 46.7 Å². The number of rotatable bonds is 2. The van der Waals surface area contributed by atoms with E-state index in [0.717, 1.165) is 0 Å². The van der Waals surface area contributed by atoms with Gasteiger partial charge in [0.05, 0.1) is 5.56 Å². The Morgan fingerprint density at radius 3 is 2.72 bits per heavy atom. The van der Waals surface area contributed by atoms with Crippen LogP contribution >= 0.6 is 15.9 Å². The zero-order valence-corrected chi connectivity index (χ0v) is 15.5. The van der Waals surface area contributed by atoms with E-state index >= 15 is 0 Å². The number of nitrogens with zero attached hydrogens (tertiary/aromatic N) is 1. The van der Waals surface area contributed by atoms with Gasteiger partial charge in [0.25, 0.3) is 0 Å². The summed E-state index contributed by atoms with van der Waals surface area (Å²) in [6.45, 7) is 5.36. The molecule has 0 atom stereocenters.